The van der Waals surface area contributed by atoms with Gasteiger partial charge in [0, 0.05) is 11.5 Å². The fourth-order valence-corrected chi connectivity index (χ4v) is 12.4. The lowest BCUT2D eigenvalue weighted by Gasteiger charge is -2.62. The fraction of sp³-hybridized carbons (Fsp3) is 0.745. The van der Waals surface area contributed by atoms with E-state index in [1.54, 1.807) is 6.08 Å². The van der Waals surface area contributed by atoms with Crippen LogP contribution in [0.25, 0.3) is 0 Å². The minimum absolute atomic E-state index is 0.0472. The first-order chi connectivity index (χ1) is 25.7. The molecule has 0 N–H and O–H groups in total. The largest absolute Gasteiger partial charge is 0.459 e. The number of unbranched alkanes of at least 4 members (excludes halogenated alkanes) is 7. The summed E-state index contributed by atoms with van der Waals surface area (Å²) < 4.78 is 6.43. The molecule has 0 saturated heterocycles. The monoisotopic (exact) mass is 727 g/mol. The third-order valence-corrected chi connectivity index (χ3v) is 15.5. The first-order valence-electron chi connectivity index (χ1n) is 22.9. The van der Waals surface area contributed by atoms with E-state index in [2.05, 4.69) is 78.8 Å². The van der Waals surface area contributed by atoms with Crippen LogP contribution in [0.1, 0.15) is 177 Å². The zero-order chi connectivity index (χ0) is 38.1. The first-order valence-corrected chi connectivity index (χ1v) is 22.9. The summed E-state index contributed by atoms with van der Waals surface area (Å²) in [6.45, 7) is 17.3. The van der Waals surface area contributed by atoms with Gasteiger partial charge in [0.2, 0.25) is 0 Å². The van der Waals surface area contributed by atoms with Gasteiger partial charge in [0.05, 0.1) is 0 Å². The highest BCUT2D eigenvalue weighted by Gasteiger charge is 2.62. The Kier molecular flexibility index (Phi) is 18.5. The summed E-state index contributed by atoms with van der Waals surface area (Å²) in [5.41, 5.74) is 0.605. The number of esters is 1. The second kappa shape index (κ2) is 22.5. The minimum atomic E-state index is -0.167. The Morgan fingerprint density at radius 3 is 2.04 bits per heavy atom. The van der Waals surface area contributed by atoms with Gasteiger partial charge in [-0.15, -0.1) is 0 Å². The Balaban J connectivity index is 1.23. The van der Waals surface area contributed by atoms with Crippen molar-refractivity contribution < 1.29 is 9.53 Å². The fourth-order valence-electron chi connectivity index (χ4n) is 12.4. The second-order valence-electron chi connectivity index (χ2n) is 18.8. The van der Waals surface area contributed by atoms with E-state index in [1.807, 2.05) is 36.5 Å². The van der Waals surface area contributed by atoms with Gasteiger partial charge in [-0.1, -0.05) is 167 Å². The number of carbonyl (C=O) groups is 1. The van der Waals surface area contributed by atoms with E-state index in [4.69, 9.17) is 4.74 Å². The Labute approximate surface area is 328 Å². The lowest BCUT2D eigenvalue weighted by molar-refractivity contribution is -0.188. The van der Waals surface area contributed by atoms with Gasteiger partial charge >= 0.3 is 5.97 Å². The molecule has 0 amide bonds. The number of rotatable bonds is 21. The topological polar surface area (TPSA) is 26.3 Å². The maximum absolute atomic E-state index is 13.2. The molecule has 0 aromatic rings. The summed E-state index contributed by atoms with van der Waals surface area (Å²) in [5.74, 6) is 6.25. The molecule has 0 spiro atoms. The van der Waals surface area contributed by atoms with E-state index in [9.17, 15) is 4.79 Å². The van der Waals surface area contributed by atoms with Crippen LogP contribution in [-0.4, -0.2) is 12.1 Å². The van der Waals surface area contributed by atoms with Crippen molar-refractivity contribution in [2.45, 2.75) is 183 Å². The van der Waals surface area contributed by atoms with E-state index >= 15 is 0 Å². The Morgan fingerprint density at radius 2 is 1.36 bits per heavy atom. The van der Waals surface area contributed by atoms with Crippen LogP contribution in [0.15, 0.2) is 72.9 Å². The maximum atomic E-state index is 13.2. The predicted molar refractivity (Wildman–Crippen MR) is 230 cm³/mol. The molecule has 0 bridgehead atoms. The molecule has 4 saturated carbocycles. The van der Waals surface area contributed by atoms with Crippen LogP contribution in [0, 0.1) is 58.2 Å². The van der Waals surface area contributed by atoms with Crippen LogP contribution in [0.5, 0.6) is 0 Å². The normalized spacial score (nSPS) is 33.1. The van der Waals surface area contributed by atoms with Gasteiger partial charge < -0.3 is 4.74 Å². The maximum Gasteiger partial charge on any atom is 0.331 e. The van der Waals surface area contributed by atoms with Crippen molar-refractivity contribution in [1.82, 2.24) is 0 Å². The third kappa shape index (κ3) is 12.0. The minimum Gasteiger partial charge on any atom is -0.459 e. The summed E-state index contributed by atoms with van der Waals surface area (Å²) >= 11 is 0. The molecule has 0 radical (unpaired) electrons. The van der Waals surface area contributed by atoms with Crippen LogP contribution in [0.2, 0.25) is 0 Å². The van der Waals surface area contributed by atoms with Crippen LogP contribution in [0.3, 0.4) is 0 Å². The van der Waals surface area contributed by atoms with Crippen molar-refractivity contribution in [2.24, 2.45) is 58.2 Å². The van der Waals surface area contributed by atoms with Gasteiger partial charge in [0.15, 0.2) is 0 Å². The van der Waals surface area contributed by atoms with Crippen molar-refractivity contribution in [3.05, 3.63) is 72.9 Å². The molecule has 4 fully saturated rings. The Bertz CT molecular complexity index is 1250. The molecule has 0 aliphatic heterocycles. The van der Waals surface area contributed by atoms with E-state index < -0.39 is 0 Å². The van der Waals surface area contributed by atoms with E-state index in [-0.39, 0.29) is 17.5 Å². The molecule has 4 aliphatic rings. The van der Waals surface area contributed by atoms with E-state index in [0.717, 1.165) is 41.9 Å². The lowest BCUT2D eigenvalue weighted by Crippen LogP contribution is -2.58. The molecule has 0 aromatic heterocycles. The van der Waals surface area contributed by atoms with Crippen LogP contribution in [0.4, 0.5) is 0 Å². The molecule has 10 atom stereocenters. The van der Waals surface area contributed by atoms with Crippen molar-refractivity contribution in [3.63, 3.8) is 0 Å². The van der Waals surface area contributed by atoms with Crippen molar-refractivity contribution in [1.29, 1.82) is 0 Å². The highest BCUT2D eigenvalue weighted by atomic mass is 16.5. The van der Waals surface area contributed by atoms with Gasteiger partial charge in [-0.25, -0.2) is 4.79 Å². The number of fused-ring (bicyclic) bond motifs is 5. The first kappa shape index (κ1) is 43.6. The molecule has 53 heavy (non-hydrogen) atoms. The standard InChI is InChI=1S/C51H82O2/c1-8-10-11-12-13-14-15-16-17-18-19-20-21-22-23-24-25-26-27-31-49(52)53-48-30-28-29-43-34-35-44-46-37-36-45(41(5)32-33-42(9-2)40(3)4)50(46,6)39-38-47(44)51(43,48)7/h17-27,31,40-48H,8-16,28-30,32-39H2,1-7H3/b18-17+,20-19+,22-21+,24-23+,26-25+,31-27+/t41-,42-,43?,44-,45-,46+,47+,48?,50-,51+/m1/s1. The quantitative estimate of drug-likeness (QED) is 0.0509. The lowest BCUT2D eigenvalue weighted by atomic mass is 9.44. The van der Waals surface area contributed by atoms with Gasteiger partial charge in [-0.2, -0.15) is 0 Å². The third-order valence-electron chi connectivity index (χ3n) is 15.5. The summed E-state index contributed by atoms with van der Waals surface area (Å²) in [7, 11) is 0. The molecular weight excluding hydrogens is 645 g/mol. The van der Waals surface area contributed by atoms with Crippen LogP contribution < -0.4 is 0 Å². The highest BCUT2D eigenvalue weighted by molar-refractivity contribution is 5.82. The zero-order valence-electron chi connectivity index (χ0n) is 35.6. The molecule has 298 valence electrons. The molecular formula is C51H82O2. The average Bonchev–Trinajstić information content (AvgIpc) is 3.50. The molecule has 0 heterocycles. The van der Waals surface area contributed by atoms with Gasteiger partial charge in [0.25, 0.3) is 0 Å². The summed E-state index contributed by atoms with van der Waals surface area (Å²) in [5, 5.41) is 0. The highest BCUT2D eigenvalue weighted by Crippen LogP contribution is 2.68. The number of carbonyl (C=O) groups excluding carboxylic acids is 1. The summed E-state index contributed by atoms with van der Waals surface area (Å²) in [6.07, 6.45) is 50.8. The molecule has 2 unspecified atom stereocenters. The average molecular weight is 727 g/mol. The molecule has 2 heteroatoms. The van der Waals surface area contributed by atoms with Gasteiger partial charge in [-0.3, -0.25) is 0 Å². The summed E-state index contributed by atoms with van der Waals surface area (Å²) in [4.78, 5) is 13.2. The number of hydrogen-bond acceptors (Lipinski definition) is 2. The predicted octanol–water partition coefficient (Wildman–Crippen LogP) is 15.1. The zero-order valence-corrected chi connectivity index (χ0v) is 35.6. The van der Waals surface area contributed by atoms with Gasteiger partial charge in [-0.05, 0) is 130 Å². The Morgan fingerprint density at radius 1 is 0.698 bits per heavy atom. The van der Waals surface area contributed by atoms with Gasteiger partial charge in [0.1, 0.15) is 6.10 Å². The number of ether oxygens (including phenoxy) is 1. The second-order valence-corrected chi connectivity index (χ2v) is 18.8. The molecule has 4 rings (SSSR count). The van der Waals surface area contributed by atoms with Crippen LogP contribution in [-0.2, 0) is 9.53 Å². The Hall–Kier alpha value is -2.09. The van der Waals surface area contributed by atoms with Crippen molar-refractivity contribution in [2.75, 3.05) is 0 Å². The SMILES string of the molecule is CCCCCCCCC/C=C/C=C/C=C/C=C/C=C/C=C/C(=O)OC1CCCC2CC[C@H]3[C@H](CC[C@]4(C)[C@@H]([C@H](C)CC[C@@H](CC)C(C)C)CC[C@@H]34)[C@]21C. The molecule has 2 nitrogen and oxygen atoms in total. The van der Waals surface area contributed by atoms with Crippen LogP contribution >= 0.6 is 0 Å². The smallest absolute Gasteiger partial charge is 0.331 e. The van der Waals surface area contributed by atoms with E-state index in [1.165, 1.54) is 122 Å². The molecule has 0 aromatic carbocycles. The number of hydrogen-bond donors (Lipinski definition) is 0. The number of allylic oxidation sites excluding steroid dienone is 11. The van der Waals surface area contributed by atoms with E-state index in [0.29, 0.717) is 17.3 Å². The van der Waals surface area contributed by atoms with Crippen molar-refractivity contribution in [3.8, 4) is 0 Å². The summed E-state index contributed by atoms with van der Waals surface area (Å²) in [6, 6.07) is 0. The van der Waals surface area contributed by atoms with Crippen molar-refractivity contribution >= 4 is 5.97 Å². The molecule has 4 aliphatic carbocycles.